The summed E-state index contributed by atoms with van der Waals surface area (Å²) in [6.07, 6.45) is 0.861. The van der Waals surface area contributed by atoms with Crippen molar-refractivity contribution in [2.45, 2.75) is 26.3 Å². The van der Waals surface area contributed by atoms with Gasteiger partial charge in [-0.15, -0.1) is 0 Å². The third-order valence-electron chi connectivity index (χ3n) is 3.36. The number of para-hydroxylation sites is 1. The quantitative estimate of drug-likeness (QED) is 0.825. The smallest absolute Gasteiger partial charge is 0.119 e. The van der Waals surface area contributed by atoms with Crippen LogP contribution in [0.2, 0.25) is 5.02 Å². The Morgan fingerprint density at radius 1 is 1.14 bits per heavy atom. The molecule has 0 saturated heterocycles. The highest BCUT2D eigenvalue weighted by molar-refractivity contribution is 6.31. The van der Waals surface area contributed by atoms with E-state index in [0.29, 0.717) is 6.61 Å². The minimum absolute atomic E-state index is 0.246. The number of hydrogen-bond acceptors (Lipinski definition) is 2. The Bertz CT molecular complexity index is 556. The summed E-state index contributed by atoms with van der Waals surface area (Å²) < 4.78 is 5.85. The van der Waals surface area contributed by atoms with Gasteiger partial charge in [-0.25, -0.2) is 0 Å². The summed E-state index contributed by atoms with van der Waals surface area (Å²) >= 11 is 6.32. The highest BCUT2D eigenvalue weighted by Gasteiger charge is 2.12. The molecule has 1 N–H and O–H groups in total. The summed E-state index contributed by atoms with van der Waals surface area (Å²) in [4.78, 5) is 0. The number of nitrogens with one attached hydrogen (secondary N) is 1. The van der Waals surface area contributed by atoms with Crippen LogP contribution in [0.25, 0.3) is 0 Å². The molecular formula is C18H22ClNO. The molecule has 0 aliphatic heterocycles. The van der Waals surface area contributed by atoms with Crippen molar-refractivity contribution in [1.29, 1.82) is 0 Å². The van der Waals surface area contributed by atoms with Crippen molar-refractivity contribution in [2.75, 3.05) is 13.2 Å². The van der Waals surface area contributed by atoms with E-state index in [2.05, 4.69) is 31.3 Å². The molecular weight excluding hydrogens is 282 g/mol. The summed E-state index contributed by atoms with van der Waals surface area (Å²) in [5, 5.41) is 4.29. The fourth-order valence-electron chi connectivity index (χ4n) is 2.28. The van der Waals surface area contributed by atoms with Gasteiger partial charge in [0, 0.05) is 11.1 Å². The van der Waals surface area contributed by atoms with Crippen molar-refractivity contribution in [1.82, 2.24) is 5.32 Å². The van der Waals surface area contributed by atoms with E-state index in [1.54, 1.807) is 0 Å². The van der Waals surface area contributed by atoms with Crippen molar-refractivity contribution in [3.8, 4) is 5.75 Å². The summed E-state index contributed by atoms with van der Waals surface area (Å²) in [6.45, 7) is 5.69. The molecule has 0 spiro atoms. The normalized spacial score (nSPS) is 12.1. The lowest BCUT2D eigenvalue weighted by molar-refractivity contribution is 0.265. The lowest BCUT2D eigenvalue weighted by Gasteiger charge is -2.19. The van der Waals surface area contributed by atoms with Gasteiger partial charge in [0.25, 0.3) is 0 Å². The van der Waals surface area contributed by atoms with Crippen molar-refractivity contribution in [2.24, 2.45) is 0 Å². The molecule has 0 amide bonds. The predicted octanol–water partition coefficient (Wildman–Crippen LogP) is 4.25. The standard InChI is InChI=1S/C18H22ClNO/c1-3-20-16(13-21-17-7-5-4-6-8-17)12-15-10-9-14(2)11-18(15)19/h4-11,16,20H,3,12-13H2,1-2H3. The zero-order chi connectivity index (χ0) is 15.1. The summed E-state index contributed by atoms with van der Waals surface area (Å²) in [5.74, 6) is 0.899. The maximum atomic E-state index is 6.32. The Morgan fingerprint density at radius 2 is 1.90 bits per heavy atom. The molecule has 0 heterocycles. The van der Waals surface area contributed by atoms with Crippen LogP contribution in [0.4, 0.5) is 0 Å². The Balaban J connectivity index is 1.98. The first kappa shape index (κ1) is 15.9. The molecule has 0 aromatic heterocycles. The van der Waals surface area contributed by atoms with E-state index in [1.807, 2.05) is 36.4 Å². The van der Waals surface area contributed by atoms with Gasteiger partial charge in [0.2, 0.25) is 0 Å². The summed E-state index contributed by atoms with van der Waals surface area (Å²) in [5.41, 5.74) is 2.34. The van der Waals surface area contributed by atoms with Crippen LogP contribution >= 0.6 is 11.6 Å². The molecule has 2 nitrogen and oxygen atoms in total. The monoisotopic (exact) mass is 303 g/mol. The average molecular weight is 304 g/mol. The van der Waals surface area contributed by atoms with Gasteiger partial charge in [0.05, 0.1) is 0 Å². The third-order valence-corrected chi connectivity index (χ3v) is 3.71. The highest BCUT2D eigenvalue weighted by atomic mass is 35.5. The first-order valence-electron chi connectivity index (χ1n) is 7.35. The molecule has 2 aromatic rings. The summed E-state index contributed by atoms with van der Waals surface area (Å²) in [7, 11) is 0. The average Bonchev–Trinajstić information content (AvgIpc) is 2.49. The van der Waals surface area contributed by atoms with Gasteiger partial charge in [0.1, 0.15) is 12.4 Å². The van der Waals surface area contributed by atoms with Crippen LogP contribution in [0.15, 0.2) is 48.5 Å². The molecule has 2 aromatic carbocycles. The topological polar surface area (TPSA) is 21.3 Å². The molecule has 0 bridgehead atoms. The fraction of sp³-hybridized carbons (Fsp3) is 0.333. The van der Waals surface area contributed by atoms with E-state index in [4.69, 9.17) is 16.3 Å². The van der Waals surface area contributed by atoms with Gasteiger partial charge in [0.15, 0.2) is 0 Å². The molecule has 1 unspecified atom stereocenters. The molecule has 0 aliphatic carbocycles. The number of likely N-dealkylation sites (N-methyl/N-ethyl adjacent to an activating group) is 1. The van der Waals surface area contributed by atoms with Crippen molar-refractivity contribution in [3.63, 3.8) is 0 Å². The van der Waals surface area contributed by atoms with Crippen LogP contribution in [0, 0.1) is 6.92 Å². The number of rotatable bonds is 7. The lowest BCUT2D eigenvalue weighted by Crippen LogP contribution is -2.36. The molecule has 112 valence electrons. The number of ether oxygens (including phenoxy) is 1. The maximum absolute atomic E-state index is 6.32. The van der Waals surface area contributed by atoms with Crippen LogP contribution < -0.4 is 10.1 Å². The van der Waals surface area contributed by atoms with Crippen LogP contribution in [0.5, 0.6) is 5.75 Å². The van der Waals surface area contributed by atoms with E-state index in [9.17, 15) is 0 Å². The first-order chi connectivity index (χ1) is 10.2. The van der Waals surface area contributed by atoms with E-state index in [-0.39, 0.29) is 6.04 Å². The van der Waals surface area contributed by atoms with Gasteiger partial charge in [-0.1, -0.05) is 48.9 Å². The van der Waals surface area contributed by atoms with Gasteiger partial charge >= 0.3 is 0 Å². The Kier molecular flexibility index (Phi) is 6.09. The maximum Gasteiger partial charge on any atom is 0.119 e. The summed E-state index contributed by atoms with van der Waals surface area (Å²) in [6, 6.07) is 16.4. The lowest BCUT2D eigenvalue weighted by atomic mass is 10.0. The molecule has 0 aliphatic rings. The SMILES string of the molecule is CCNC(COc1ccccc1)Cc1ccc(C)cc1Cl. The number of halogens is 1. The Morgan fingerprint density at radius 3 is 2.57 bits per heavy atom. The van der Waals surface area contributed by atoms with E-state index in [1.165, 1.54) is 5.56 Å². The van der Waals surface area contributed by atoms with Crippen LogP contribution in [-0.2, 0) is 6.42 Å². The van der Waals surface area contributed by atoms with Crippen molar-refractivity contribution >= 4 is 11.6 Å². The van der Waals surface area contributed by atoms with E-state index >= 15 is 0 Å². The van der Waals surface area contributed by atoms with Gasteiger partial charge in [-0.3, -0.25) is 0 Å². The molecule has 1 atom stereocenters. The van der Waals surface area contributed by atoms with Crippen molar-refractivity contribution in [3.05, 3.63) is 64.7 Å². The van der Waals surface area contributed by atoms with E-state index in [0.717, 1.165) is 29.3 Å². The minimum Gasteiger partial charge on any atom is -0.492 e. The van der Waals surface area contributed by atoms with Crippen LogP contribution in [-0.4, -0.2) is 19.2 Å². The zero-order valence-corrected chi connectivity index (χ0v) is 13.4. The number of benzene rings is 2. The Labute approximate surface area is 132 Å². The zero-order valence-electron chi connectivity index (χ0n) is 12.6. The van der Waals surface area contributed by atoms with Crippen LogP contribution in [0.1, 0.15) is 18.1 Å². The third kappa shape index (κ3) is 5.07. The Hall–Kier alpha value is -1.51. The second-order valence-electron chi connectivity index (χ2n) is 5.18. The predicted molar refractivity (Wildman–Crippen MR) is 89.3 cm³/mol. The molecule has 3 heteroatoms. The van der Waals surface area contributed by atoms with Gasteiger partial charge < -0.3 is 10.1 Å². The van der Waals surface area contributed by atoms with Gasteiger partial charge in [-0.2, -0.15) is 0 Å². The largest absolute Gasteiger partial charge is 0.492 e. The molecule has 0 radical (unpaired) electrons. The van der Waals surface area contributed by atoms with Crippen molar-refractivity contribution < 1.29 is 4.74 Å². The van der Waals surface area contributed by atoms with Gasteiger partial charge in [-0.05, 0) is 49.2 Å². The first-order valence-corrected chi connectivity index (χ1v) is 7.73. The molecule has 0 saturated carbocycles. The van der Waals surface area contributed by atoms with E-state index < -0.39 is 0 Å². The fourth-order valence-corrected chi connectivity index (χ4v) is 2.59. The second-order valence-corrected chi connectivity index (χ2v) is 5.58. The van der Waals surface area contributed by atoms with Crippen LogP contribution in [0.3, 0.4) is 0 Å². The minimum atomic E-state index is 0.246. The second kappa shape index (κ2) is 8.06. The highest BCUT2D eigenvalue weighted by Crippen LogP contribution is 2.19. The molecule has 0 fully saturated rings. The molecule has 21 heavy (non-hydrogen) atoms. The number of aryl methyl sites for hydroxylation is 1. The number of hydrogen-bond donors (Lipinski definition) is 1. The molecule has 2 rings (SSSR count).